The fraction of sp³-hybridized carbons (Fsp3) is 0.194. The number of tetrazole rings is 1. The molecule has 0 fully saturated rings. The Hall–Kier alpha value is -5.05. The van der Waals surface area contributed by atoms with E-state index >= 15 is 0 Å². The quantitative estimate of drug-likeness (QED) is 0.237. The molecule has 200 valence electrons. The van der Waals surface area contributed by atoms with E-state index in [0.717, 1.165) is 52.9 Å². The zero-order chi connectivity index (χ0) is 27.3. The van der Waals surface area contributed by atoms with Gasteiger partial charge in [-0.2, -0.15) is 5.21 Å². The minimum atomic E-state index is -0.0533. The average molecular weight is 533 g/mol. The van der Waals surface area contributed by atoms with Crippen LogP contribution in [0.1, 0.15) is 36.7 Å². The summed E-state index contributed by atoms with van der Waals surface area (Å²) in [5.41, 5.74) is 5.46. The molecule has 6 rings (SSSR count). The van der Waals surface area contributed by atoms with E-state index in [4.69, 9.17) is 14.1 Å². The Morgan fingerprint density at radius 3 is 2.52 bits per heavy atom. The van der Waals surface area contributed by atoms with Crippen LogP contribution in [0.4, 0.5) is 0 Å². The van der Waals surface area contributed by atoms with Gasteiger partial charge in [-0.15, -0.1) is 10.2 Å². The average Bonchev–Trinajstić information content (AvgIpc) is 3.72. The second-order valence-corrected chi connectivity index (χ2v) is 9.57. The highest BCUT2D eigenvalue weighted by atomic mass is 16.6. The van der Waals surface area contributed by atoms with Crippen molar-refractivity contribution in [2.75, 3.05) is 0 Å². The number of benzene rings is 3. The molecule has 0 aliphatic heterocycles. The van der Waals surface area contributed by atoms with E-state index < -0.39 is 0 Å². The third-order valence-electron chi connectivity index (χ3n) is 6.85. The van der Waals surface area contributed by atoms with Crippen LogP contribution < -0.4 is 10.3 Å². The van der Waals surface area contributed by atoms with Crippen molar-refractivity contribution < 1.29 is 9.15 Å². The fourth-order valence-electron chi connectivity index (χ4n) is 4.77. The van der Waals surface area contributed by atoms with Gasteiger partial charge in [0.05, 0.1) is 23.7 Å². The SMILES string of the molecule is CCCCc1nc2ccc(COc3ccco3)cc2c(=O)n1Cc1ccc(-c2ccccc2-c2nn[nH]n2)cc1. The van der Waals surface area contributed by atoms with Crippen molar-refractivity contribution in [3.05, 3.63) is 112 Å². The highest BCUT2D eigenvalue weighted by Crippen LogP contribution is 2.30. The van der Waals surface area contributed by atoms with Crippen molar-refractivity contribution in [3.63, 3.8) is 0 Å². The fourth-order valence-corrected chi connectivity index (χ4v) is 4.77. The van der Waals surface area contributed by atoms with E-state index in [1.165, 1.54) is 0 Å². The number of unbranched alkanes of at least 4 members (excludes halogenated alkanes) is 1. The number of hydrogen-bond acceptors (Lipinski definition) is 7. The van der Waals surface area contributed by atoms with Gasteiger partial charge in [-0.3, -0.25) is 9.36 Å². The van der Waals surface area contributed by atoms with Gasteiger partial charge in [-0.25, -0.2) is 4.98 Å². The van der Waals surface area contributed by atoms with Crippen LogP contribution >= 0.6 is 0 Å². The molecule has 0 aliphatic carbocycles. The third-order valence-corrected chi connectivity index (χ3v) is 6.85. The van der Waals surface area contributed by atoms with Crippen molar-refractivity contribution in [2.45, 2.75) is 39.3 Å². The Morgan fingerprint density at radius 2 is 1.77 bits per heavy atom. The molecule has 3 aromatic heterocycles. The number of H-pyrrole nitrogens is 1. The first-order chi connectivity index (χ1) is 19.7. The zero-order valence-corrected chi connectivity index (χ0v) is 22.1. The van der Waals surface area contributed by atoms with Gasteiger partial charge in [0.15, 0.2) is 0 Å². The van der Waals surface area contributed by atoms with E-state index in [2.05, 4.69) is 51.8 Å². The normalized spacial score (nSPS) is 11.2. The Morgan fingerprint density at radius 1 is 0.950 bits per heavy atom. The minimum Gasteiger partial charge on any atom is -0.460 e. The maximum Gasteiger partial charge on any atom is 0.284 e. The molecule has 0 saturated carbocycles. The molecule has 0 saturated heterocycles. The number of fused-ring (bicyclic) bond motifs is 1. The smallest absolute Gasteiger partial charge is 0.284 e. The van der Waals surface area contributed by atoms with Gasteiger partial charge in [-0.05, 0) is 52.1 Å². The van der Waals surface area contributed by atoms with E-state index in [9.17, 15) is 4.79 Å². The number of nitrogens with one attached hydrogen (secondary N) is 1. The molecule has 0 aliphatic rings. The summed E-state index contributed by atoms with van der Waals surface area (Å²) in [6.45, 7) is 2.87. The topological polar surface area (TPSA) is 112 Å². The van der Waals surface area contributed by atoms with Crippen LogP contribution in [-0.2, 0) is 19.6 Å². The molecule has 6 aromatic rings. The van der Waals surface area contributed by atoms with Gasteiger partial charge in [0, 0.05) is 18.1 Å². The van der Waals surface area contributed by atoms with Crippen molar-refractivity contribution in [2.24, 2.45) is 0 Å². The Labute approximate surface area is 230 Å². The van der Waals surface area contributed by atoms with Gasteiger partial charge in [0.2, 0.25) is 5.82 Å². The standard InChI is InChI=1S/C31H28N6O3/c1-2-3-9-28-32-27-16-13-22(20-40-29-10-6-17-39-29)18-26(27)31(38)37(28)19-21-11-14-23(15-12-21)24-7-4-5-8-25(24)30-33-35-36-34-30/h4-8,10-18H,2-3,9,19-20H2,1H3,(H,33,34,35,36). The molecule has 0 atom stereocenters. The number of aromatic nitrogens is 6. The number of furan rings is 1. The van der Waals surface area contributed by atoms with E-state index in [-0.39, 0.29) is 5.56 Å². The molecule has 0 bridgehead atoms. The van der Waals surface area contributed by atoms with Gasteiger partial charge in [-0.1, -0.05) is 67.9 Å². The summed E-state index contributed by atoms with van der Waals surface area (Å²) in [5, 5.41) is 15.1. The second-order valence-electron chi connectivity index (χ2n) is 9.57. The Kier molecular flexibility index (Phi) is 7.17. The van der Waals surface area contributed by atoms with E-state index in [1.807, 2.05) is 42.5 Å². The highest BCUT2D eigenvalue weighted by molar-refractivity contribution is 5.80. The van der Waals surface area contributed by atoms with Gasteiger partial charge in [0.25, 0.3) is 11.5 Å². The number of ether oxygens (including phenoxy) is 1. The molecule has 0 amide bonds. The first-order valence-electron chi connectivity index (χ1n) is 13.3. The molecule has 40 heavy (non-hydrogen) atoms. The van der Waals surface area contributed by atoms with Gasteiger partial charge < -0.3 is 9.15 Å². The van der Waals surface area contributed by atoms with Gasteiger partial charge >= 0.3 is 0 Å². The molecule has 9 nitrogen and oxygen atoms in total. The lowest BCUT2D eigenvalue weighted by Crippen LogP contribution is -2.26. The number of hydrogen-bond donors (Lipinski definition) is 1. The van der Waals surface area contributed by atoms with Crippen molar-refractivity contribution >= 4 is 10.9 Å². The second kappa shape index (κ2) is 11.4. The molecule has 0 radical (unpaired) electrons. The van der Waals surface area contributed by atoms with Crippen LogP contribution in [0.15, 0.2) is 94.3 Å². The molecule has 0 spiro atoms. The molecule has 3 heterocycles. The van der Waals surface area contributed by atoms with Crippen LogP contribution in [0.25, 0.3) is 33.4 Å². The van der Waals surface area contributed by atoms with Crippen LogP contribution in [0.5, 0.6) is 5.95 Å². The molecule has 1 N–H and O–H groups in total. The maximum absolute atomic E-state index is 13.8. The predicted molar refractivity (Wildman–Crippen MR) is 152 cm³/mol. The van der Waals surface area contributed by atoms with Gasteiger partial charge in [0.1, 0.15) is 12.4 Å². The van der Waals surface area contributed by atoms with Crippen molar-refractivity contribution in [1.82, 2.24) is 30.2 Å². The molecule has 0 unspecified atom stereocenters. The summed E-state index contributed by atoms with van der Waals surface area (Å²) in [6, 6.07) is 25.4. The lowest BCUT2D eigenvalue weighted by atomic mass is 9.98. The van der Waals surface area contributed by atoms with Crippen molar-refractivity contribution in [1.29, 1.82) is 0 Å². The Bertz CT molecular complexity index is 1780. The van der Waals surface area contributed by atoms with Crippen LogP contribution in [0.2, 0.25) is 0 Å². The maximum atomic E-state index is 13.8. The molecular formula is C31H28N6O3. The summed E-state index contributed by atoms with van der Waals surface area (Å²) >= 11 is 0. The van der Waals surface area contributed by atoms with E-state index in [0.29, 0.717) is 35.8 Å². The first kappa shape index (κ1) is 25.2. The summed E-state index contributed by atoms with van der Waals surface area (Å²) in [5.74, 6) is 1.78. The van der Waals surface area contributed by atoms with E-state index in [1.54, 1.807) is 23.0 Å². The van der Waals surface area contributed by atoms with Crippen molar-refractivity contribution in [3.8, 4) is 28.5 Å². The number of aromatic amines is 1. The van der Waals surface area contributed by atoms with Crippen LogP contribution in [0, 0.1) is 0 Å². The number of aryl methyl sites for hydroxylation is 1. The third kappa shape index (κ3) is 5.26. The Balaban J connectivity index is 1.31. The molecular weight excluding hydrogens is 504 g/mol. The first-order valence-corrected chi connectivity index (χ1v) is 13.3. The zero-order valence-electron chi connectivity index (χ0n) is 22.1. The summed E-state index contributed by atoms with van der Waals surface area (Å²) in [6.07, 6.45) is 4.28. The van der Waals surface area contributed by atoms with Crippen LogP contribution in [-0.4, -0.2) is 30.2 Å². The van der Waals surface area contributed by atoms with Crippen LogP contribution in [0.3, 0.4) is 0 Å². The number of nitrogens with zero attached hydrogens (tertiary/aromatic N) is 5. The summed E-state index contributed by atoms with van der Waals surface area (Å²) in [7, 11) is 0. The lowest BCUT2D eigenvalue weighted by Gasteiger charge is -2.15. The molecule has 3 aromatic carbocycles. The molecule has 9 heteroatoms. The lowest BCUT2D eigenvalue weighted by molar-refractivity contribution is 0.232. The highest BCUT2D eigenvalue weighted by Gasteiger charge is 2.14. The predicted octanol–water partition coefficient (Wildman–Crippen LogP) is 5.81. The largest absolute Gasteiger partial charge is 0.460 e. The summed E-state index contributed by atoms with van der Waals surface area (Å²) < 4.78 is 12.8. The monoisotopic (exact) mass is 532 g/mol. The summed E-state index contributed by atoms with van der Waals surface area (Å²) in [4.78, 5) is 18.7. The minimum absolute atomic E-state index is 0.0533. The number of rotatable bonds is 10.